The second-order valence-electron chi connectivity index (χ2n) is 5.22. The lowest BCUT2D eigenvalue weighted by Crippen LogP contribution is -2.29. The number of anilines is 1. The van der Waals surface area contributed by atoms with Crippen LogP contribution in [0, 0.1) is 0 Å². The summed E-state index contributed by atoms with van der Waals surface area (Å²) in [5.41, 5.74) is 4.15. The first-order valence-corrected chi connectivity index (χ1v) is 8.37. The summed E-state index contributed by atoms with van der Waals surface area (Å²) in [5, 5.41) is 28.1. The van der Waals surface area contributed by atoms with Crippen LogP contribution >= 0.6 is 15.9 Å². The van der Waals surface area contributed by atoms with E-state index in [0.717, 1.165) is 0 Å². The van der Waals surface area contributed by atoms with Gasteiger partial charge in [0, 0.05) is 18.5 Å². The standard InChI is InChI=1S/C16H17BrN4O4/c1-10-14(16(25)21(20-10)9-3-6-13(22)23)19-18-12-5-2-4-11(7-8-17)15(12)24/h2,4-5,7-8,18,24H,3,6,9H2,1H3,(H,22,23)/b8-7-,19-14-. The van der Waals surface area contributed by atoms with Crippen LogP contribution in [0.15, 0.2) is 33.4 Å². The number of carbonyl (C=O) groups excluding carboxylic acids is 1. The first-order valence-electron chi connectivity index (χ1n) is 7.45. The number of phenolic OH excluding ortho intramolecular Hbond substituents is 1. The molecule has 0 aromatic heterocycles. The summed E-state index contributed by atoms with van der Waals surface area (Å²) in [6.07, 6.45) is 1.94. The van der Waals surface area contributed by atoms with Gasteiger partial charge in [0.05, 0.1) is 11.4 Å². The second-order valence-corrected chi connectivity index (χ2v) is 5.75. The number of nitrogens with one attached hydrogen (secondary N) is 1. The minimum Gasteiger partial charge on any atom is -0.505 e. The van der Waals surface area contributed by atoms with Crippen molar-refractivity contribution in [1.29, 1.82) is 0 Å². The highest BCUT2D eigenvalue weighted by Crippen LogP contribution is 2.28. The van der Waals surface area contributed by atoms with Crippen LogP contribution in [0.1, 0.15) is 25.3 Å². The van der Waals surface area contributed by atoms with E-state index in [1.165, 1.54) is 5.01 Å². The Bertz CT molecular complexity index is 773. The van der Waals surface area contributed by atoms with Gasteiger partial charge in [0.25, 0.3) is 5.91 Å². The summed E-state index contributed by atoms with van der Waals surface area (Å²) in [7, 11) is 0. The molecule has 1 aromatic rings. The van der Waals surface area contributed by atoms with E-state index in [1.807, 2.05) is 0 Å². The molecule has 0 spiro atoms. The van der Waals surface area contributed by atoms with Crippen molar-refractivity contribution in [2.24, 2.45) is 10.2 Å². The minimum atomic E-state index is -0.921. The molecule has 8 nitrogen and oxygen atoms in total. The third kappa shape index (κ3) is 4.66. The zero-order valence-electron chi connectivity index (χ0n) is 13.4. The SMILES string of the molecule is CC1=NN(CCCC(=O)O)C(=O)/C1=N\Nc1cccc(/C=C\Br)c1O. The van der Waals surface area contributed by atoms with Crippen LogP contribution in [0.2, 0.25) is 0 Å². The van der Waals surface area contributed by atoms with E-state index < -0.39 is 11.9 Å². The maximum Gasteiger partial charge on any atom is 0.303 e. The van der Waals surface area contributed by atoms with Crippen molar-refractivity contribution in [3.05, 3.63) is 28.7 Å². The molecule has 1 heterocycles. The quantitative estimate of drug-likeness (QED) is 0.473. The normalized spacial score (nSPS) is 15.9. The Morgan fingerprint density at radius 2 is 2.24 bits per heavy atom. The van der Waals surface area contributed by atoms with Crippen LogP contribution in [0.25, 0.3) is 6.08 Å². The van der Waals surface area contributed by atoms with Gasteiger partial charge in [-0.15, -0.1) is 0 Å². The van der Waals surface area contributed by atoms with Gasteiger partial charge in [0.1, 0.15) is 5.75 Å². The maximum atomic E-state index is 12.3. The first kappa shape index (κ1) is 18.7. The molecule has 3 N–H and O–H groups in total. The van der Waals surface area contributed by atoms with E-state index in [2.05, 4.69) is 31.6 Å². The Balaban J connectivity index is 2.09. The molecule has 0 aliphatic carbocycles. The average molecular weight is 409 g/mol. The lowest BCUT2D eigenvalue weighted by Gasteiger charge is -2.10. The van der Waals surface area contributed by atoms with Crippen molar-refractivity contribution in [2.75, 3.05) is 12.0 Å². The zero-order chi connectivity index (χ0) is 18.4. The van der Waals surface area contributed by atoms with E-state index in [4.69, 9.17) is 5.11 Å². The Hall–Kier alpha value is -2.68. The molecule has 0 saturated heterocycles. The molecule has 1 aliphatic rings. The van der Waals surface area contributed by atoms with Crippen molar-refractivity contribution < 1.29 is 19.8 Å². The van der Waals surface area contributed by atoms with Gasteiger partial charge in [-0.3, -0.25) is 15.0 Å². The molecule has 25 heavy (non-hydrogen) atoms. The average Bonchev–Trinajstić information content (AvgIpc) is 2.82. The number of hydrazone groups is 2. The van der Waals surface area contributed by atoms with E-state index in [-0.39, 0.29) is 24.4 Å². The molecule has 0 bridgehead atoms. The number of halogens is 1. The number of aromatic hydroxyl groups is 1. The van der Waals surface area contributed by atoms with Crippen LogP contribution in [-0.2, 0) is 9.59 Å². The third-order valence-electron chi connectivity index (χ3n) is 3.41. The Morgan fingerprint density at radius 1 is 1.48 bits per heavy atom. The number of carbonyl (C=O) groups is 2. The van der Waals surface area contributed by atoms with Crippen molar-refractivity contribution in [3.8, 4) is 5.75 Å². The number of carboxylic acid groups (broad SMARTS) is 1. The number of hydrogen-bond acceptors (Lipinski definition) is 6. The maximum absolute atomic E-state index is 12.3. The van der Waals surface area contributed by atoms with Crippen LogP contribution < -0.4 is 5.43 Å². The number of para-hydroxylation sites is 1. The lowest BCUT2D eigenvalue weighted by atomic mass is 10.2. The highest BCUT2D eigenvalue weighted by molar-refractivity contribution is 9.11. The molecule has 0 unspecified atom stereocenters. The van der Waals surface area contributed by atoms with E-state index in [1.54, 1.807) is 36.2 Å². The fourth-order valence-electron chi connectivity index (χ4n) is 2.18. The summed E-state index contributed by atoms with van der Waals surface area (Å²) in [4.78, 5) is 24.4. The number of rotatable bonds is 7. The Labute approximate surface area is 152 Å². The molecule has 2 rings (SSSR count). The van der Waals surface area contributed by atoms with E-state index in [9.17, 15) is 14.7 Å². The van der Waals surface area contributed by atoms with E-state index >= 15 is 0 Å². The van der Waals surface area contributed by atoms with Crippen molar-refractivity contribution >= 4 is 51.0 Å². The molecule has 0 saturated carbocycles. The van der Waals surface area contributed by atoms with Gasteiger partial charge in [-0.2, -0.15) is 10.2 Å². The number of amides is 1. The van der Waals surface area contributed by atoms with Gasteiger partial charge in [-0.05, 0) is 30.5 Å². The minimum absolute atomic E-state index is 0.000835. The molecular formula is C16H17BrN4O4. The predicted molar refractivity (Wildman–Crippen MR) is 98.8 cm³/mol. The fourth-order valence-corrected chi connectivity index (χ4v) is 2.47. The summed E-state index contributed by atoms with van der Waals surface area (Å²) >= 11 is 3.15. The largest absolute Gasteiger partial charge is 0.505 e. The molecule has 1 aliphatic heterocycles. The van der Waals surface area contributed by atoms with Crippen LogP contribution in [-0.4, -0.2) is 45.1 Å². The number of benzene rings is 1. The van der Waals surface area contributed by atoms with Crippen LogP contribution in [0.5, 0.6) is 5.75 Å². The second kappa shape index (κ2) is 8.43. The summed E-state index contributed by atoms with van der Waals surface area (Å²) < 4.78 is 0. The van der Waals surface area contributed by atoms with Gasteiger partial charge in [-0.25, -0.2) is 5.01 Å². The van der Waals surface area contributed by atoms with E-state index in [0.29, 0.717) is 23.4 Å². The predicted octanol–water partition coefficient (Wildman–Crippen LogP) is 2.61. The van der Waals surface area contributed by atoms with Gasteiger partial charge in [-0.1, -0.05) is 28.1 Å². The van der Waals surface area contributed by atoms with Gasteiger partial charge >= 0.3 is 5.97 Å². The molecule has 1 aromatic carbocycles. The summed E-state index contributed by atoms with van der Waals surface area (Å²) in [5.74, 6) is -1.33. The molecule has 0 radical (unpaired) electrons. The van der Waals surface area contributed by atoms with Gasteiger partial charge in [0.2, 0.25) is 0 Å². The lowest BCUT2D eigenvalue weighted by molar-refractivity contribution is -0.137. The molecule has 9 heteroatoms. The van der Waals surface area contributed by atoms with Crippen molar-refractivity contribution in [3.63, 3.8) is 0 Å². The van der Waals surface area contributed by atoms with Crippen LogP contribution in [0.3, 0.4) is 0 Å². The fraction of sp³-hybridized carbons (Fsp3) is 0.250. The molecule has 0 atom stereocenters. The van der Waals surface area contributed by atoms with Crippen LogP contribution in [0.4, 0.5) is 5.69 Å². The smallest absolute Gasteiger partial charge is 0.303 e. The molecular weight excluding hydrogens is 392 g/mol. The zero-order valence-corrected chi connectivity index (χ0v) is 15.0. The Morgan fingerprint density at radius 3 is 2.92 bits per heavy atom. The van der Waals surface area contributed by atoms with Crippen molar-refractivity contribution in [1.82, 2.24) is 5.01 Å². The first-order chi connectivity index (χ1) is 11.9. The van der Waals surface area contributed by atoms with Gasteiger partial charge in [0.15, 0.2) is 5.71 Å². The molecule has 0 fully saturated rings. The number of carboxylic acids is 1. The van der Waals surface area contributed by atoms with Crippen molar-refractivity contribution in [2.45, 2.75) is 19.8 Å². The molecule has 132 valence electrons. The monoisotopic (exact) mass is 408 g/mol. The third-order valence-corrected chi connectivity index (χ3v) is 3.67. The number of aliphatic carboxylic acids is 1. The topological polar surface area (TPSA) is 115 Å². The molecule has 1 amide bonds. The number of hydrogen-bond donors (Lipinski definition) is 3. The highest BCUT2D eigenvalue weighted by Gasteiger charge is 2.29. The summed E-state index contributed by atoms with van der Waals surface area (Å²) in [6, 6.07) is 5.09. The Kier molecular flexibility index (Phi) is 6.29. The summed E-state index contributed by atoms with van der Waals surface area (Å²) in [6.45, 7) is 1.84. The van der Waals surface area contributed by atoms with Gasteiger partial charge < -0.3 is 10.2 Å². The number of phenols is 1. The highest BCUT2D eigenvalue weighted by atomic mass is 79.9. The number of nitrogens with zero attached hydrogens (tertiary/aromatic N) is 3.